The van der Waals surface area contributed by atoms with Gasteiger partial charge >= 0.3 is 12.1 Å². The Hall–Kier alpha value is -3.62. The number of hydrogen-bond acceptors (Lipinski definition) is 4. The summed E-state index contributed by atoms with van der Waals surface area (Å²) in [6.45, 7) is 3.11. The van der Waals surface area contributed by atoms with E-state index in [0.29, 0.717) is 11.1 Å². The largest absolute Gasteiger partial charge is 0.494 e. The highest BCUT2D eigenvalue weighted by atomic mass is 19.4. The van der Waals surface area contributed by atoms with E-state index in [0.717, 1.165) is 17.7 Å². The molecular weight excluding hydrogens is 425 g/mol. The maximum Gasteiger partial charge on any atom is 0.416 e. The number of carbonyl (C=O) groups is 2. The number of Topliss-reactive ketones (excluding diaryl/α,β-unsaturated/α-hetero) is 1. The van der Waals surface area contributed by atoms with E-state index in [2.05, 4.69) is 4.99 Å². The van der Waals surface area contributed by atoms with Gasteiger partial charge in [0.25, 0.3) is 0 Å². The number of halogens is 3. The molecule has 3 aromatic rings. The Morgan fingerprint density at radius 3 is 2.31 bits per heavy atom. The monoisotopic (exact) mass is 446 g/mol. The van der Waals surface area contributed by atoms with Crippen molar-refractivity contribution in [2.24, 2.45) is 4.99 Å². The first-order chi connectivity index (χ1) is 15.0. The third-order valence-electron chi connectivity index (χ3n) is 5.03. The fourth-order valence-electron chi connectivity index (χ4n) is 3.37. The lowest BCUT2D eigenvalue weighted by Crippen LogP contribution is -2.08. The van der Waals surface area contributed by atoms with Crippen LogP contribution in [-0.2, 0) is 15.8 Å². The number of aryl methyl sites for hydroxylation is 1. The van der Waals surface area contributed by atoms with Gasteiger partial charge in [-0.25, -0.2) is 0 Å². The summed E-state index contributed by atoms with van der Waals surface area (Å²) < 4.78 is 41.3. The first kappa shape index (κ1) is 23.1. The van der Waals surface area contributed by atoms with Gasteiger partial charge in [-0.2, -0.15) is 13.2 Å². The van der Waals surface area contributed by atoms with Crippen LogP contribution in [0.15, 0.2) is 47.5 Å². The molecule has 2 N–H and O–H groups in total. The number of alkyl halides is 3. The molecular formula is C23H21F3N2O4. The number of rotatable bonds is 7. The molecule has 0 aliphatic rings. The number of aliphatic imine (C=N–C) groups is 1. The zero-order valence-electron chi connectivity index (χ0n) is 17.4. The molecule has 0 atom stereocenters. The summed E-state index contributed by atoms with van der Waals surface area (Å²) in [6.07, 6.45) is -5.06. The van der Waals surface area contributed by atoms with Crippen molar-refractivity contribution in [1.82, 2.24) is 4.57 Å². The number of carboxylic acid groups (broad SMARTS) is 1. The Morgan fingerprint density at radius 1 is 1.06 bits per heavy atom. The average molecular weight is 446 g/mol. The molecule has 32 heavy (non-hydrogen) atoms. The van der Waals surface area contributed by atoms with Crippen LogP contribution in [-0.4, -0.2) is 38.8 Å². The molecule has 0 radical (unpaired) electrons. The van der Waals surface area contributed by atoms with Crippen molar-refractivity contribution in [3.63, 3.8) is 0 Å². The summed E-state index contributed by atoms with van der Waals surface area (Å²) >= 11 is 0. The summed E-state index contributed by atoms with van der Waals surface area (Å²) in [5.41, 5.74) is 1.15. The summed E-state index contributed by atoms with van der Waals surface area (Å²) in [4.78, 5) is 26.6. The van der Waals surface area contributed by atoms with Crippen molar-refractivity contribution in [3.8, 4) is 11.6 Å². The lowest BCUT2D eigenvalue weighted by Gasteiger charge is -2.10. The maximum atomic E-state index is 13.3. The summed E-state index contributed by atoms with van der Waals surface area (Å²) in [5.74, 6) is -1.80. The van der Waals surface area contributed by atoms with Crippen molar-refractivity contribution in [1.29, 1.82) is 0 Å². The second-order valence-electron chi connectivity index (χ2n) is 7.43. The summed E-state index contributed by atoms with van der Waals surface area (Å²) in [7, 11) is 0. The molecule has 0 unspecified atom stereocenters. The Kier molecular flexibility index (Phi) is 6.38. The van der Waals surface area contributed by atoms with Crippen LogP contribution in [0.25, 0.3) is 16.6 Å². The number of fused-ring (bicyclic) bond motifs is 1. The van der Waals surface area contributed by atoms with Gasteiger partial charge in [-0.3, -0.25) is 19.1 Å². The summed E-state index contributed by atoms with van der Waals surface area (Å²) in [5, 5.41) is 20.0. The Bertz CT molecular complexity index is 1210. The molecule has 0 saturated carbocycles. The highest BCUT2D eigenvalue weighted by Gasteiger charge is 2.32. The van der Waals surface area contributed by atoms with Crippen LogP contribution in [0.4, 0.5) is 13.2 Å². The van der Waals surface area contributed by atoms with E-state index in [-0.39, 0.29) is 42.1 Å². The molecule has 0 aliphatic carbocycles. The molecule has 168 valence electrons. The van der Waals surface area contributed by atoms with Crippen LogP contribution in [0.5, 0.6) is 5.88 Å². The van der Waals surface area contributed by atoms with Crippen LogP contribution in [0.3, 0.4) is 0 Å². The number of nitrogens with zero attached hydrogens (tertiary/aromatic N) is 2. The molecule has 0 spiro atoms. The van der Waals surface area contributed by atoms with Gasteiger partial charge in [0.2, 0.25) is 5.88 Å². The summed E-state index contributed by atoms with van der Waals surface area (Å²) in [6, 6.07) is 10.1. The minimum absolute atomic E-state index is 0.142. The predicted octanol–water partition coefficient (Wildman–Crippen LogP) is 4.91. The number of benzene rings is 2. The van der Waals surface area contributed by atoms with E-state index >= 15 is 0 Å². The minimum atomic E-state index is -4.56. The SMILES string of the molecule is CC(=NCC(=O)CCC(=O)O)c1c(O)n(-c2ccc(C)cc2)c2cc(C(F)(F)F)ccc12. The molecule has 0 aliphatic heterocycles. The number of carbonyl (C=O) groups excluding carboxylic acids is 1. The average Bonchev–Trinajstić information content (AvgIpc) is 3.01. The molecule has 1 heterocycles. The first-order valence-electron chi connectivity index (χ1n) is 9.75. The van der Waals surface area contributed by atoms with Gasteiger partial charge in [0, 0.05) is 23.2 Å². The van der Waals surface area contributed by atoms with Crippen molar-refractivity contribution in [3.05, 3.63) is 59.2 Å². The van der Waals surface area contributed by atoms with Gasteiger partial charge in [-0.15, -0.1) is 0 Å². The van der Waals surface area contributed by atoms with Gasteiger partial charge < -0.3 is 10.2 Å². The lowest BCUT2D eigenvalue weighted by atomic mass is 10.1. The smallest absolute Gasteiger partial charge is 0.416 e. The van der Waals surface area contributed by atoms with E-state index in [1.807, 2.05) is 6.92 Å². The molecule has 9 heteroatoms. The molecule has 0 fully saturated rings. The molecule has 2 aromatic carbocycles. The van der Waals surface area contributed by atoms with E-state index in [1.165, 1.54) is 17.6 Å². The Morgan fingerprint density at radius 2 is 1.72 bits per heavy atom. The third-order valence-corrected chi connectivity index (χ3v) is 5.03. The van der Waals surface area contributed by atoms with Crippen LogP contribution in [0.1, 0.15) is 36.5 Å². The van der Waals surface area contributed by atoms with Gasteiger partial charge in [-0.05, 0) is 38.1 Å². The molecule has 3 rings (SSSR count). The number of carboxylic acids is 1. The maximum absolute atomic E-state index is 13.3. The van der Waals surface area contributed by atoms with Crippen LogP contribution < -0.4 is 0 Å². The van der Waals surface area contributed by atoms with Crippen LogP contribution in [0.2, 0.25) is 0 Å². The molecule has 6 nitrogen and oxygen atoms in total. The fourth-order valence-corrected chi connectivity index (χ4v) is 3.37. The quantitative estimate of drug-likeness (QED) is 0.505. The standard InChI is InChI=1S/C23H21F3N2O4/c1-13-3-6-16(7-4-13)28-19-11-15(23(24,25)26)5-9-18(19)21(22(28)32)14(2)27-12-17(29)8-10-20(30)31/h3-7,9,11,32H,8,10,12H2,1-2H3,(H,30,31). The number of aliphatic carboxylic acids is 1. The van der Waals surface area contributed by atoms with Crippen molar-refractivity contribution in [2.75, 3.05) is 6.54 Å². The lowest BCUT2D eigenvalue weighted by molar-refractivity contribution is -0.138. The zero-order chi connectivity index (χ0) is 23.6. The van der Waals surface area contributed by atoms with Gasteiger partial charge in [0.15, 0.2) is 5.78 Å². The van der Waals surface area contributed by atoms with Crippen LogP contribution in [0, 0.1) is 6.92 Å². The topological polar surface area (TPSA) is 91.9 Å². The minimum Gasteiger partial charge on any atom is -0.494 e. The van der Waals surface area contributed by atoms with Gasteiger partial charge in [0.1, 0.15) is 0 Å². The predicted molar refractivity (Wildman–Crippen MR) is 114 cm³/mol. The number of aromatic hydroxyl groups is 1. The highest BCUT2D eigenvalue weighted by molar-refractivity contribution is 6.13. The Labute approximate surface area is 181 Å². The Balaban J connectivity index is 2.13. The second kappa shape index (κ2) is 8.86. The van der Waals surface area contributed by atoms with Crippen molar-refractivity contribution >= 4 is 28.4 Å². The second-order valence-corrected chi connectivity index (χ2v) is 7.43. The van der Waals surface area contributed by atoms with E-state index < -0.39 is 23.5 Å². The fraction of sp³-hybridized carbons (Fsp3) is 0.261. The van der Waals surface area contributed by atoms with E-state index in [1.54, 1.807) is 24.3 Å². The van der Waals surface area contributed by atoms with Crippen molar-refractivity contribution in [2.45, 2.75) is 32.9 Å². The highest BCUT2D eigenvalue weighted by Crippen LogP contribution is 2.38. The third kappa shape index (κ3) is 4.82. The molecule has 1 aromatic heterocycles. The molecule has 0 saturated heterocycles. The first-order valence-corrected chi connectivity index (χ1v) is 9.75. The number of ketones is 1. The van der Waals surface area contributed by atoms with Crippen molar-refractivity contribution < 1.29 is 33.0 Å². The van der Waals surface area contributed by atoms with Gasteiger partial charge in [-0.1, -0.05) is 23.8 Å². The molecule has 0 bridgehead atoms. The number of aromatic nitrogens is 1. The van der Waals surface area contributed by atoms with Gasteiger partial charge in [0.05, 0.1) is 29.6 Å². The zero-order valence-corrected chi connectivity index (χ0v) is 17.4. The van der Waals surface area contributed by atoms with E-state index in [9.17, 15) is 27.9 Å². The number of hydrogen-bond donors (Lipinski definition) is 2. The molecule has 0 amide bonds. The van der Waals surface area contributed by atoms with E-state index in [4.69, 9.17) is 5.11 Å². The van der Waals surface area contributed by atoms with Crippen LogP contribution >= 0.6 is 0 Å². The normalized spacial score (nSPS) is 12.3.